The average molecular weight is 304 g/mol. The average Bonchev–Trinajstić information content (AvgIpc) is 2.84. The molecule has 0 saturated carbocycles. The second-order valence-corrected chi connectivity index (χ2v) is 5.61. The van der Waals surface area contributed by atoms with Crippen LogP contribution < -0.4 is 0 Å². The van der Waals surface area contributed by atoms with E-state index in [9.17, 15) is 19.8 Å². The predicted molar refractivity (Wildman–Crippen MR) is 75.0 cm³/mol. The third-order valence-electron chi connectivity index (χ3n) is 2.55. The van der Waals surface area contributed by atoms with Crippen molar-refractivity contribution >= 4 is 35.7 Å². The van der Waals surface area contributed by atoms with Crippen LogP contribution in [0.1, 0.15) is 39.9 Å². The molecule has 1 heterocycles. The number of carboxylic acid groups (broad SMARTS) is 1. The summed E-state index contributed by atoms with van der Waals surface area (Å²) in [7, 11) is 0. The van der Waals surface area contributed by atoms with Gasteiger partial charge in [0.25, 0.3) is 0 Å². The number of Topliss-reactive ketones (excluding diaryl/α,β-unsaturated/α-hetero) is 1. The lowest BCUT2D eigenvalue weighted by Gasteiger charge is -2.15. The van der Waals surface area contributed by atoms with Crippen LogP contribution in [0, 0.1) is 0 Å². The van der Waals surface area contributed by atoms with Crippen LogP contribution in [0.3, 0.4) is 0 Å². The summed E-state index contributed by atoms with van der Waals surface area (Å²) in [6, 6.07) is 3.12. The Hall–Kier alpha value is -0.890. The smallest absolute Gasteiger partial charge is 0.303 e. The number of hydrogen-bond donors (Lipinski definition) is 4. The molecule has 0 fully saturated rings. The summed E-state index contributed by atoms with van der Waals surface area (Å²) in [5, 5.41) is 28.0. The van der Waals surface area contributed by atoms with Crippen molar-refractivity contribution in [2.75, 3.05) is 5.75 Å². The van der Waals surface area contributed by atoms with Gasteiger partial charge >= 0.3 is 5.97 Å². The molecule has 7 heteroatoms. The van der Waals surface area contributed by atoms with E-state index in [1.54, 1.807) is 12.1 Å². The summed E-state index contributed by atoms with van der Waals surface area (Å²) in [6.07, 6.45) is -1.89. The maximum absolute atomic E-state index is 11.7. The minimum Gasteiger partial charge on any atom is -0.481 e. The Balaban J connectivity index is 2.65. The fourth-order valence-electron chi connectivity index (χ4n) is 1.49. The minimum atomic E-state index is -1.04. The molecule has 0 aliphatic carbocycles. The number of carbonyl (C=O) groups is 2. The highest BCUT2D eigenvalue weighted by Crippen LogP contribution is 2.27. The fraction of sp³-hybridized carbons (Fsp3) is 0.500. The van der Waals surface area contributed by atoms with E-state index >= 15 is 0 Å². The molecule has 0 aliphatic heterocycles. The molecule has 19 heavy (non-hydrogen) atoms. The van der Waals surface area contributed by atoms with Crippen molar-refractivity contribution in [2.24, 2.45) is 0 Å². The van der Waals surface area contributed by atoms with Gasteiger partial charge in [0.05, 0.1) is 17.4 Å². The number of rotatable bonds is 8. The van der Waals surface area contributed by atoms with Crippen molar-refractivity contribution in [2.45, 2.75) is 31.5 Å². The molecule has 0 bridgehead atoms. The van der Waals surface area contributed by atoms with E-state index in [4.69, 9.17) is 5.11 Å². The molecular formula is C12H16O5S2. The molecule has 0 spiro atoms. The monoisotopic (exact) mass is 304 g/mol. The molecule has 106 valence electrons. The lowest BCUT2D eigenvalue weighted by atomic mass is 10.1. The summed E-state index contributed by atoms with van der Waals surface area (Å²) < 4.78 is 0. The first-order valence-electron chi connectivity index (χ1n) is 5.77. The van der Waals surface area contributed by atoms with E-state index in [2.05, 4.69) is 12.6 Å². The molecule has 3 N–H and O–H groups in total. The van der Waals surface area contributed by atoms with Crippen molar-refractivity contribution in [1.82, 2.24) is 0 Å². The van der Waals surface area contributed by atoms with Gasteiger partial charge in [-0.2, -0.15) is 12.6 Å². The van der Waals surface area contributed by atoms with Crippen molar-refractivity contribution < 1.29 is 24.9 Å². The van der Waals surface area contributed by atoms with Crippen LogP contribution in [0.5, 0.6) is 0 Å². The third-order valence-corrected chi connectivity index (χ3v) is 4.00. The Bertz CT molecular complexity index is 443. The highest BCUT2D eigenvalue weighted by atomic mass is 32.1. The topological polar surface area (TPSA) is 94.8 Å². The molecule has 0 saturated heterocycles. The molecule has 5 nitrogen and oxygen atoms in total. The Kier molecular flexibility index (Phi) is 6.50. The van der Waals surface area contributed by atoms with Gasteiger partial charge in [-0.1, -0.05) is 0 Å². The molecule has 2 atom stereocenters. The van der Waals surface area contributed by atoms with E-state index in [-0.39, 0.29) is 18.6 Å². The molecule has 1 aromatic heterocycles. The van der Waals surface area contributed by atoms with Crippen molar-refractivity contribution in [3.05, 3.63) is 21.9 Å². The zero-order chi connectivity index (χ0) is 14.4. The number of carboxylic acids is 1. The standard InChI is InChI=1S/C12H16O5S2/c13-7(1-4-11(15)16)9-2-3-10(19-9)12(17)8(14)5-6-18/h2-3,8,12,14,17-18H,1,4-6H2,(H,15,16). The maximum atomic E-state index is 11.7. The second-order valence-electron chi connectivity index (χ2n) is 4.04. The van der Waals surface area contributed by atoms with Gasteiger partial charge in [0.1, 0.15) is 6.10 Å². The van der Waals surface area contributed by atoms with E-state index in [1.807, 2.05) is 0 Å². The van der Waals surface area contributed by atoms with Crippen LogP contribution in [-0.2, 0) is 4.79 Å². The Morgan fingerprint density at radius 1 is 1.26 bits per heavy atom. The molecule has 0 aliphatic rings. The number of thiol groups is 1. The van der Waals surface area contributed by atoms with Gasteiger partial charge in [-0.05, 0) is 24.3 Å². The Labute approximate surface area is 120 Å². The molecule has 0 aromatic carbocycles. The molecule has 2 unspecified atom stereocenters. The van der Waals surface area contributed by atoms with E-state index in [1.165, 1.54) is 0 Å². The first-order chi connectivity index (χ1) is 8.95. The van der Waals surface area contributed by atoms with Crippen molar-refractivity contribution in [1.29, 1.82) is 0 Å². The molecule has 1 rings (SSSR count). The number of ketones is 1. The van der Waals surface area contributed by atoms with Crippen LogP contribution in [-0.4, -0.2) is 38.9 Å². The molecule has 0 radical (unpaired) electrons. The highest BCUT2D eigenvalue weighted by molar-refractivity contribution is 7.80. The maximum Gasteiger partial charge on any atom is 0.303 e. The SMILES string of the molecule is O=C(O)CCC(=O)c1ccc(C(O)C(O)CCS)s1. The second kappa shape index (κ2) is 7.64. The lowest BCUT2D eigenvalue weighted by molar-refractivity contribution is -0.136. The Morgan fingerprint density at radius 2 is 1.95 bits per heavy atom. The number of aliphatic carboxylic acids is 1. The summed E-state index contributed by atoms with van der Waals surface area (Å²) in [4.78, 5) is 22.9. The number of thiophene rings is 1. The molecule has 1 aromatic rings. The van der Waals surface area contributed by atoms with E-state index in [0.717, 1.165) is 11.3 Å². The summed E-state index contributed by atoms with van der Waals surface area (Å²) in [6.45, 7) is 0. The number of aliphatic hydroxyl groups is 2. The zero-order valence-electron chi connectivity index (χ0n) is 10.2. The van der Waals surface area contributed by atoms with Crippen LogP contribution in [0.4, 0.5) is 0 Å². The van der Waals surface area contributed by atoms with Crippen LogP contribution in [0.25, 0.3) is 0 Å². The highest BCUT2D eigenvalue weighted by Gasteiger charge is 2.21. The van der Waals surface area contributed by atoms with Crippen molar-refractivity contribution in [3.63, 3.8) is 0 Å². The van der Waals surface area contributed by atoms with Gasteiger partial charge in [-0.15, -0.1) is 11.3 Å². The number of carbonyl (C=O) groups excluding carboxylic acids is 1. The first kappa shape index (κ1) is 16.2. The quantitative estimate of drug-likeness (QED) is 0.431. The van der Waals surface area contributed by atoms with Crippen LogP contribution >= 0.6 is 24.0 Å². The zero-order valence-corrected chi connectivity index (χ0v) is 11.9. The van der Waals surface area contributed by atoms with Gasteiger partial charge < -0.3 is 15.3 Å². The normalized spacial score (nSPS) is 14.1. The van der Waals surface area contributed by atoms with Gasteiger partial charge in [0, 0.05) is 11.3 Å². The van der Waals surface area contributed by atoms with Crippen molar-refractivity contribution in [3.8, 4) is 0 Å². The van der Waals surface area contributed by atoms with Gasteiger partial charge in [0.2, 0.25) is 0 Å². The van der Waals surface area contributed by atoms with Crippen LogP contribution in [0.15, 0.2) is 12.1 Å². The fourth-order valence-corrected chi connectivity index (χ4v) is 2.77. The number of hydrogen-bond acceptors (Lipinski definition) is 6. The molecular weight excluding hydrogens is 288 g/mol. The van der Waals surface area contributed by atoms with E-state index < -0.39 is 18.2 Å². The third kappa shape index (κ3) is 4.94. The van der Waals surface area contributed by atoms with Gasteiger partial charge in [-0.3, -0.25) is 9.59 Å². The summed E-state index contributed by atoms with van der Waals surface area (Å²) >= 11 is 5.05. The minimum absolute atomic E-state index is 0.0649. The number of aliphatic hydroxyl groups excluding tert-OH is 2. The summed E-state index contributed by atoms with van der Waals surface area (Å²) in [5.41, 5.74) is 0. The first-order valence-corrected chi connectivity index (χ1v) is 7.22. The predicted octanol–water partition coefficient (Wildman–Crippen LogP) is 1.51. The van der Waals surface area contributed by atoms with Gasteiger partial charge in [-0.25, -0.2) is 0 Å². The van der Waals surface area contributed by atoms with Gasteiger partial charge in [0.15, 0.2) is 5.78 Å². The lowest BCUT2D eigenvalue weighted by Crippen LogP contribution is -2.17. The summed E-state index contributed by atoms with van der Waals surface area (Å²) in [5.74, 6) is -0.836. The Morgan fingerprint density at radius 3 is 2.53 bits per heavy atom. The van der Waals surface area contributed by atoms with Crippen LogP contribution in [0.2, 0.25) is 0 Å². The molecule has 0 amide bonds. The van der Waals surface area contributed by atoms with E-state index in [0.29, 0.717) is 21.9 Å². The largest absolute Gasteiger partial charge is 0.481 e.